The Morgan fingerprint density at radius 3 is 3.00 bits per heavy atom. The summed E-state index contributed by atoms with van der Waals surface area (Å²) in [5.74, 6) is 0.721. The van der Waals surface area contributed by atoms with E-state index in [9.17, 15) is 4.39 Å². The summed E-state index contributed by atoms with van der Waals surface area (Å²) in [4.78, 5) is 0. The van der Waals surface area contributed by atoms with Crippen LogP contribution < -0.4 is 10.1 Å². The lowest BCUT2D eigenvalue weighted by Gasteiger charge is -2.09. The molecule has 0 fully saturated rings. The van der Waals surface area contributed by atoms with Crippen LogP contribution in [0.25, 0.3) is 5.69 Å². The summed E-state index contributed by atoms with van der Waals surface area (Å²) in [6, 6.07) is 4.19. The predicted molar refractivity (Wildman–Crippen MR) is 58.4 cm³/mol. The monoisotopic (exact) mass is 237 g/mol. The summed E-state index contributed by atoms with van der Waals surface area (Å²) < 4.78 is 19.8. The van der Waals surface area contributed by atoms with Gasteiger partial charge >= 0.3 is 0 Å². The maximum atomic E-state index is 13.2. The number of hydrogen-bond acceptors (Lipinski definition) is 5. The number of aromatic nitrogens is 4. The molecule has 0 bridgehead atoms. The predicted octanol–water partition coefficient (Wildman–Crippen LogP) is 0.529. The third-order valence-electron chi connectivity index (χ3n) is 2.24. The third-order valence-corrected chi connectivity index (χ3v) is 2.24. The molecule has 7 heteroatoms. The van der Waals surface area contributed by atoms with Crippen LogP contribution >= 0.6 is 0 Å². The number of rotatable bonds is 4. The van der Waals surface area contributed by atoms with Crippen molar-refractivity contribution < 1.29 is 9.13 Å². The van der Waals surface area contributed by atoms with Gasteiger partial charge in [0.2, 0.25) is 0 Å². The van der Waals surface area contributed by atoms with Gasteiger partial charge in [0.1, 0.15) is 17.3 Å². The lowest BCUT2D eigenvalue weighted by Crippen LogP contribution is -2.13. The highest BCUT2D eigenvalue weighted by Gasteiger charge is 2.13. The molecule has 0 aliphatic heterocycles. The molecule has 1 aromatic heterocycles. The normalized spacial score (nSPS) is 10.5. The molecule has 0 radical (unpaired) electrons. The molecule has 0 saturated heterocycles. The minimum Gasteiger partial charge on any atom is -0.494 e. The molecule has 0 spiro atoms. The van der Waals surface area contributed by atoms with Crippen molar-refractivity contribution in [2.24, 2.45) is 0 Å². The first-order valence-corrected chi connectivity index (χ1v) is 5.02. The molecule has 0 aliphatic carbocycles. The Morgan fingerprint density at radius 2 is 2.29 bits per heavy atom. The van der Waals surface area contributed by atoms with Crippen molar-refractivity contribution in [3.05, 3.63) is 29.8 Å². The van der Waals surface area contributed by atoms with Crippen molar-refractivity contribution in [2.45, 2.75) is 6.54 Å². The fourth-order valence-corrected chi connectivity index (χ4v) is 1.49. The van der Waals surface area contributed by atoms with Crippen LogP contribution in [0, 0.1) is 5.82 Å². The first-order chi connectivity index (χ1) is 8.26. The van der Waals surface area contributed by atoms with Crippen LogP contribution in [0.1, 0.15) is 5.82 Å². The molecule has 1 aromatic carbocycles. The van der Waals surface area contributed by atoms with Crippen LogP contribution in [0.3, 0.4) is 0 Å². The fourth-order valence-electron chi connectivity index (χ4n) is 1.49. The lowest BCUT2D eigenvalue weighted by atomic mass is 10.3. The average Bonchev–Trinajstić information content (AvgIpc) is 2.77. The van der Waals surface area contributed by atoms with Crippen LogP contribution in [-0.4, -0.2) is 34.4 Å². The molecule has 17 heavy (non-hydrogen) atoms. The Balaban J connectivity index is 2.51. The Kier molecular flexibility index (Phi) is 3.29. The van der Waals surface area contributed by atoms with E-state index in [2.05, 4.69) is 20.8 Å². The third kappa shape index (κ3) is 2.23. The van der Waals surface area contributed by atoms with Crippen LogP contribution in [0.5, 0.6) is 5.75 Å². The molecule has 0 unspecified atom stereocenters. The maximum Gasteiger partial charge on any atom is 0.170 e. The van der Waals surface area contributed by atoms with Crippen molar-refractivity contribution in [3.8, 4) is 11.4 Å². The van der Waals surface area contributed by atoms with Gasteiger partial charge in [-0.2, -0.15) is 4.68 Å². The number of benzene rings is 1. The van der Waals surface area contributed by atoms with Crippen LogP contribution in [0.4, 0.5) is 4.39 Å². The largest absolute Gasteiger partial charge is 0.494 e. The molecule has 90 valence electrons. The molecule has 1 N–H and O–H groups in total. The summed E-state index contributed by atoms with van der Waals surface area (Å²) in [5.41, 5.74) is 0.475. The minimum absolute atomic E-state index is 0.369. The maximum absolute atomic E-state index is 13.2. The summed E-state index contributed by atoms with van der Waals surface area (Å²) in [6.45, 7) is 0.479. The summed E-state index contributed by atoms with van der Waals surface area (Å²) in [5, 5.41) is 14.2. The summed E-state index contributed by atoms with van der Waals surface area (Å²) >= 11 is 0. The van der Waals surface area contributed by atoms with Gasteiger partial charge in [-0.15, -0.1) is 5.10 Å². The minimum atomic E-state index is -0.369. The lowest BCUT2D eigenvalue weighted by molar-refractivity contribution is 0.409. The van der Waals surface area contributed by atoms with E-state index in [4.69, 9.17) is 4.74 Å². The number of ether oxygens (including phenoxy) is 1. The topological polar surface area (TPSA) is 64.9 Å². The zero-order valence-corrected chi connectivity index (χ0v) is 9.51. The van der Waals surface area contributed by atoms with Crippen molar-refractivity contribution in [2.75, 3.05) is 14.2 Å². The molecular weight excluding hydrogens is 225 g/mol. The molecule has 0 saturated carbocycles. The van der Waals surface area contributed by atoms with Gasteiger partial charge in [-0.05, 0) is 29.6 Å². The van der Waals surface area contributed by atoms with Gasteiger partial charge in [0.15, 0.2) is 5.82 Å². The van der Waals surface area contributed by atoms with E-state index >= 15 is 0 Å². The molecular formula is C10H12FN5O. The second-order valence-electron chi connectivity index (χ2n) is 3.35. The molecule has 1 heterocycles. The number of nitrogens with one attached hydrogen (secondary N) is 1. The van der Waals surface area contributed by atoms with Crippen LogP contribution in [0.2, 0.25) is 0 Å². The van der Waals surface area contributed by atoms with Gasteiger partial charge in [0, 0.05) is 6.07 Å². The van der Waals surface area contributed by atoms with Crippen molar-refractivity contribution in [1.29, 1.82) is 0 Å². The van der Waals surface area contributed by atoms with Crippen LogP contribution in [0.15, 0.2) is 18.2 Å². The average molecular weight is 237 g/mol. The van der Waals surface area contributed by atoms with Gasteiger partial charge in [0.25, 0.3) is 0 Å². The second kappa shape index (κ2) is 4.88. The van der Waals surface area contributed by atoms with Crippen molar-refractivity contribution >= 4 is 0 Å². The molecule has 0 amide bonds. The van der Waals surface area contributed by atoms with Crippen molar-refractivity contribution in [3.63, 3.8) is 0 Å². The highest BCUT2D eigenvalue weighted by molar-refractivity contribution is 5.46. The highest BCUT2D eigenvalue weighted by atomic mass is 19.1. The number of halogens is 1. The number of nitrogens with zero attached hydrogens (tertiary/aromatic N) is 4. The van der Waals surface area contributed by atoms with E-state index in [-0.39, 0.29) is 5.82 Å². The Hall–Kier alpha value is -2.02. The first kappa shape index (κ1) is 11.5. The standard InChI is InChI=1S/C10H12FN5O/c1-12-6-10-13-14-15-16(10)8-5-7(11)3-4-9(8)17-2/h3-5,12H,6H2,1-2H3. The molecule has 0 atom stereocenters. The van der Waals surface area contributed by atoms with E-state index in [0.717, 1.165) is 0 Å². The van der Waals surface area contributed by atoms with Crippen molar-refractivity contribution in [1.82, 2.24) is 25.5 Å². The molecule has 2 aromatic rings. The fraction of sp³-hybridized carbons (Fsp3) is 0.300. The quantitative estimate of drug-likeness (QED) is 0.840. The van der Waals surface area contributed by atoms with Crippen LogP contribution in [-0.2, 0) is 6.54 Å². The first-order valence-electron chi connectivity index (χ1n) is 5.02. The van der Waals surface area contributed by atoms with E-state index in [1.165, 1.54) is 30.0 Å². The Bertz CT molecular complexity index is 513. The second-order valence-corrected chi connectivity index (χ2v) is 3.35. The Morgan fingerprint density at radius 1 is 1.47 bits per heavy atom. The van der Waals surface area contributed by atoms with Gasteiger partial charge in [-0.1, -0.05) is 0 Å². The van der Waals surface area contributed by atoms with E-state index in [1.807, 2.05) is 0 Å². The molecule has 0 aliphatic rings. The SMILES string of the molecule is CNCc1nnnn1-c1cc(F)ccc1OC. The number of hydrogen-bond donors (Lipinski definition) is 1. The highest BCUT2D eigenvalue weighted by Crippen LogP contribution is 2.23. The zero-order valence-electron chi connectivity index (χ0n) is 9.51. The van der Waals surface area contributed by atoms with Gasteiger partial charge < -0.3 is 10.1 Å². The van der Waals surface area contributed by atoms with E-state index in [1.54, 1.807) is 7.05 Å². The van der Waals surface area contributed by atoms with E-state index in [0.29, 0.717) is 23.8 Å². The van der Waals surface area contributed by atoms with Gasteiger partial charge in [0.05, 0.1) is 13.7 Å². The zero-order chi connectivity index (χ0) is 12.3. The number of tetrazole rings is 1. The smallest absolute Gasteiger partial charge is 0.170 e. The number of methoxy groups -OCH3 is 1. The van der Waals surface area contributed by atoms with Gasteiger partial charge in [-0.25, -0.2) is 4.39 Å². The molecule has 2 rings (SSSR count). The summed E-state index contributed by atoms with van der Waals surface area (Å²) in [7, 11) is 3.29. The Labute approximate surface area is 97.4 Å². The molecule has 6 nitrogen and oxygen atoms in total. The van der Waals surface area contributed by atoms with Gasteiger partial charge in [-0.3, -0.25) is 0 Å². The van der Waals surface area contributed by atoms with E-state index < -0.39 is 0 Å². The summed E-state index contributed by atoms with van der Waals surface area (Å²) in [6.07, 6.45) is 0.